The summed E-state index contributed by atoms with van der Waals surface area (Å²) in [6.07, 6.45) is 4.49. The minimum absolute atomic E-state index is 0. The monoisotopic (exact) mass is 331 g/mol. The number of ketones is 1. The zero-order valence-electron chi connectivity index (χ0n) is 16.5. The minimum atomic E-state index is 0. The molecule has 0 spiro atoms. The van der Waals surface area contributed by atoms with Crippen molar-refractivity contribution in [3.05, 3.63) is 0 Å². The molecule has 1 atom stereocenters. The fourth-order valence-electron chi connectivity index (χ4n) is 2.00. The average molecular weight is 332 g/mol. The van der Waals surface area contributed by atoms with Gasteiger partial charge < -0.3 is 14.7 Å². The zero-order chi connectivity index (χ0) is 17.5. The summed E-state index contributed by atoms with van der Waals surface area (Å²) < 4.78 is 0. The second-order valence-electron chi connectivity index (χ2n) is 6.77. The van der Waals surface area contributed by atoms with E-state index in [1.807, 2.05) is 0 Å². The fraction of sp³-hybridized carbons (Fsp3) is 0.947. The molecule has 0 aromatic heterocycles. The number of rotatable bonds is 11. The maximum Gasteiger partial charge on any atom is 0.132 e. The highest BCUT2D eigenvalue weighted by atomic mass is 16.1. The number of Topliss-reactive ketones (excluding diaryl/α,β-unsaturated/α-hetero) is 1. The van der Waals surface area contributed by atoms with Crippen LogP contribution in [0.15, 0.2) is 0 Å². The Morgan fingerprint density at radius 1 is 0.870 bits per heavy atom. The van der Waals surface area contributed by atoms with Crippen molar-refractivity contribution in [2.75, 3.05) is 61.4 Å². The molecular formula is C19H45N3O. The summed E-state index contributed by atoms with van der Waals surface area (Å²) in [7, 11) is 10.6. The van der Waals surface area contributed by atoms with Crippen molar-refractivity contribution in [1.82, 2.24) is 14.7 Å². The lowest BCUT2D eigenvalue weighted by Crippen LogP contribution is -2.33. The zero-order valence-corrected chi connectivity index (χ0v) is 16.5. The predicted molar refractivity (Wildman–Crippen MR) is 105 cm³/mol. The van der Waals surface area contributed by atoms with E-state index in [0.717, 1.165) is 39.0 Å². The van der Waals surface area contributed by atoms with Crippen molar-refractivity contribution in [3.63, 3.8) is 0 Å². The van der Waals surface area contributed by atoms with E-state index in [1.165, 1.54) is 12.8 Å². The molecule has 1 unspecified atom stereocenters. The molecule has 0 aromatic rings. The molecule has 0 bridgehead atoms. The predicted octanol–water partition coefficient (Wildman–Crippen LogP) is 3.47. The molecule has 0 heterocycles. The van der Waals surface area contributed by atoms with Gasteiger partial charge in [-0.15, -0.1) is 0 Å². The number of carbonyl (C=O) groups excluding carboxylic acids is 1. The van der Waals surface area contributed by atoms with E-state index in [-0.39, 0.29) is 7.43 Å². The van der Waals surface area contributed by atoms with E-state index in [0.29, 0.717) is 11.7 Å². The molecule has 0 rings (SSSR count). The Hall–Kier alpha value is -0.450. The molecule has 0 N–H and O–H groups in total. The van der Waals surface area contributed by atoms with Crippen LogP contribution in [0.5, 0.6) is 0 Å². The third kappa shape index (κ3) is 21.6. The molecular weight excluding hydrogens is 286 g/mol. The lowest BCUT2D eigenvalue weighted by atomic mass is 9.96. The first-order valence-electron chi connectivity index (χ1n) is 8.72. The van der Waals surface area contributed by atoms with Gasteiger partial charge in [-0.1, -0.05) is 34.1 Å². The summed E-state index contributed by atoms with van der Waals surface area (Å²) in [4.78, 5) is 17.7. The van der Waals surface area contributed by atoms with Crippen LogP contribution in [0.25, 0.3) is 0 Å². The van der Waals surface area contributed by atoms with Gasteiger partial charge in [0.05, 0.1) is 0 Å². The minimum Gasteiger partial charge on any atom is -0.308 e. The second kappa shape index (κ2) is 17.9. The Bertz CT molecular complexity index is 243. The quantitative estimate of drug-likeness (QED) is 0.579. The van der Waals surface area contributed by atoms with Gasteiger partial charge in [-0.3, -0.25) is 4.79 Å². The van der Waals surface area contributed by atoms with E-state index in [4.69, 9.17) is 0 Å². The largest absolute Gasteiger partial charge is 0.308 e. The van der Waals surface area contributed by atoms with E-state index in [2.05, 4.69) is 63.8 Å². The highest BCUT2D eigenvalue weighted by molar-refractivity contribution is 5.78. The molecule has 4 heteroatoms. The summed E-state index contributed by atoms with van der Waals surface area (Å²) in [6, 6.07) is 0. The molecule has 0 aliphatic heterocycles. The molecule has 0 amide bonds. The molecule has 23 heavy (non-hydrogen) atoms. The summed E-state index contributed by atoms with van der Waals surface area (Å²) in [6.45, 7) is 10.5. The van der Waals surface area contributed by atoms with Crippen molar-refractivity contribution >= 4 is 5.78 Å². The third-order valence-corrected chi connectivity index (χ3v) is 3.83. The van der Waals surface area contributed by atoms with Gasteiger partial charge >= 0.3 is 0 Å². The average Bonchev–Trinajstić information content (AvgIpc) is 2.44. The summed E-state index contributed by atoms with van der Waals surface area (Å²) in [5.41, 5.74) is 0. The van der Waals surface area contributed by atoms with Crippen LogP contribution in [0.4, 0.5) is 0 Å². The van der Waals surface area contributed by atoms with Gasteiger partial charge in [0.15, 0.2) is 0 Å². The van der Waals surface area contributed by atoms with Crippen molar-refractivity contribution in [1.29, 1.82) is 0 Å². The Balaban J connectivity index is -0.000000338. The maximum atomic E-state index is 10.9. The Morgan fingerprint density at radius 3 is 1.57 bits per heavy atom. The van der Waals surface area contributed by atoms with Crippen LogP contribution in [0.2, 0.25) is 0 Å². The summed E-state index contributed by atoms with van der Waals surface area (Å²) in [5, 5.41) is 0. The van der Waals surface area contributed by atoms with Gasteiger partial charge in [0.25, 0.3) is 0 Å². The Morgan fingerprint density at radius 2 is 1.30 bits per heavy atom. The fourth-order valence-corrected chi connectivity index (χ4v) is 2.00. The van der Waals surface area contributed by atoms with Gasteiger partial charge in [-0.2, -0.15) is 0 Å². The first kappa shape index (κ1) is 27.4. The highest BCUT2D eigenvalue weighted by Gasteiger charge is 2.09. The van der Waals surface area contributed by atoms with Gasteiger partial charge in [-0.25, -0.2) is 0 Å². The Kier molecular flexibility index (Phi) is 21.3. The van der Waals surface area contributed by atoms with Crippen molar-refractivity contribution in [2.24, 2.45) is 5.92 Å². The number of hydrogen-bond acceptors (Lipinski definition) is 4. The van der Waals surface area contributed by atoms with Crippen LogP contribution in [0.3, 0.4) is 0 Å². The number of likely N-dealkylation sites (N-methyl/N-ethyl adjacent to an activating group) is 3. The second-order valence-corrected chi connectivity index (χ2v) is 6.77. The topological polar surface area (TPSA) is 26.8 Å². The smallest absolute Gasteiger partial charge is 0.132 e. The van der Waals surface area contributed by atoms with Crippen LogP contribution in [0.1, 0.15) is 53.9 Å². The van der Waals surface area contributed by atoms with E-state index < -0.39 is 0 Å². The third-order valence-electron chi connectivity index (χ3n) is 3.83. The van der Waals surface area contributed by atoms with Crippen LogP contribution >= 0.6 is 0 Å². The van der Waals surface area contributed by atoms with Crippen LogP contribution < -0.4 is 0 Å². The maximum absolute atomic E-state index is 10.9. The molecule has 0 radical (unpaired) electrons. The van der Waals surface area contributed by atoms with E-state index >= 15 is 0 Å². The number of hydrogen-bond donors (Lipinski definition) is 0. The normalized spacial score (nSPS) is 12.0. The molecule has 0 aliphatic carbocycles. The molecule has 4 nitrogen and oxygen atoms in total. The van der Waals surface area contributed by atoms with Gasteiger partial charge in [0.2, 0.25) is 0 Å². The molecule has 0 aromatic carbocycles. The number of unbranched alkanes of at least 4 members (excludes halogenated alkanes) is 1. The lowest BCUT2D eigenvalue weighted by Gasteiger charge is -2.20. The van der Waals surface area contributed by atoms with Gasteiger partial charge in [0, 0.05) is 32.1 Å². The molecule has 0 saturated carbocycles. The van der Waals surface area contributed by atoms with Crippen LogP contribution in [-0.4, -0.2) is 81.9 Å². The van der Waals surface area contributed by atoms with Crippen LogP contribution in [0, 0.1) is 5.92 Å². The van der Waals surface area contributed by atoms with Crippen molar-refractivity contribution < 1.29 is 4.79 Å². The first-order chi connectivity index (χ1) is 10.2. The Labute approximate surface area is 147 Å². The number of carbonyl (C=O) groups is 1. The molecule has 0 saturated heterocycles. The lowest BCUT2D eigenvalue weighted by molar-refractivity contribution is -0.121. The number of nitrogens with zero attached hydrogens (tertiary/aromatic N) is 3. The van der Waals surface area contributed by atoms with E-state index in [1.54, 1.807) is 6.92 Å². The summed E-state index contributed by atoms with van der Waals surface area (Å²) >= 11 is 0. The molecule has 0 fully saturated rings. The molecule has 142 valence electrons. The van der Waals surface area contributed by atoms with Gasteiger partial charge in [0.1, 0.15) is 5.78 Å². The highest BCUT2D eigenvalue weighted by Crippen LogP contribution is 2.12. The van der Waals surface area contributed by atoms with E-state index in [9.17, 15) is 4.79 Å². The van der Waals surface area contributed by atoms with Gasteiger partial charge in [-0.05, 0) is 55.0 Å². The molecule has 0 aliphatic rings. The standard InChI is InChI=1S/C9H23N3.C9H18O.CH4/c1-10(2)6-8-12(5)9-7-11(3)4;1-4-6-7-9(5-2)8(3)10;/h6-9H2,1-5H3;9H,4-7H2,1-3H3;1H4. The van der Waals surface area contributed by atoms with Crippen molar-refractivity contribution in [2.45, 2.75) is 53.9 Å². The first-order valence-corrected chi connectivity index (χ1v) is 8.72. The van der Waals surface area contributed by atoms with Crippen LogP contribution in [-0.2, 0) is 4.79 Å². The summed E-state index contributed by atoms with van der Waals surface area (Å²) in [5.74, 6) is 0.691. The SMILES string of the molecule is C.CCCCC(CC)C(C)=O.CN(C)CCN(C)CCN(C)C. The van der Waals surface area contributed by atoms with Crippen molar-refractivity contribution in [3.8, 4) is 0 Å².